The highest BCUT2D eigenvalue weighted by molar-refractivity contribution is 5.85. The SMILES string of the molecule is Cl.Fc1ccc([C@@H]2COCCN2)cc1F. The van der Waals surface area contributed by atoms with E-state index in [9.17, 15) is 8.78 Å². The standard InChI is InChI=1S/C10H11F2NO.ClH/c11-8-2-1-7(5-9(8)12)10-6-14-4-3-13-10;/h1-2,5,10,13H,3-4,6H2;1H/t10-;/m0./s1. The summed E-state index contributed by atoms with van der Waals surface area (Å²) in [5.41, 5.74) is 0.726. The summed E-state index contributed by atoms with van der Waals surface area (Å²) in [6.07, 6.45) is 0. The molecule has 1 fully saturated rings. The Labute approximate surface area is 93.0 Å². The largest absolute Gasteiger partial charge is 0.378 e. The summed E-state index contributed by atoms with van der Waals surface area (Å²) in [4.78, 5) is 0. The predicted molar refractivity (Wildman–Crippen MR) is 55.2 cm³/mol. The lowest BCUT2D eigenvalue weighted by molar-refractivity contribution is 0.0767. The van der Waals surface area contributed by atoms with Crippen molar-refractivity contribution >= 4 is 12.4 Å². The van der Waals surface area contributed by atoms with Gasteiger partial charge in [-0.3, -0.25) is 0 Å². The maximum absolute atomic E-state index is 12.9. The van der Waals surface area contributed by atoms with Gasteiger partial charge in [0.2, 0.25) is 0 Å². The Bertz CT molecular complexity index is 329. The van der Waals surface area contributed by atoms with Gasteiger partial charge in [-0.1, -0.05) is 6.07 Å². The Balaban J connectivity index is 0.00000112. The average molecular weight is 236 g/mol. The zero-order valence-electron chi connectivity index (χ0n) is 8.00. The molecule has 84 valence electrons. The first-order chi connectivity index (χ1) is 6.77. The summed E-state index contributed by atoms with van der Waals surface area (Å²) in [6, 6.07) is 3.90. The van der Waals surface area contributed by atoms with Crippen LogP contribution in [0.25, 0.3) is 0 Å². The summed E-state index contributed by atoms with van der Waals surface area (Å²) in [5, 5.41) is 3.17. The normalized spacial score (nSPS) is 20.8. The predicted octanol–water partition coefficient (Wildman–Crippen LogP) is 2.05. The van der Waals surface area contributed by atoms with Crippen molar-refractivity contribution in [3.63, 3.8) is 0 Å². The van der Waals surface area contributed by atoms with Crippen molar-refractivity contribution in [2.45, 2.75) is 6.04 Å². The fourth-order valence-electron chi connectivity index (χ4n) is 1.51. The molecule has 0 aromatic heterocycles. The highest BCUT2D eigenvalue weighted by atomic mass is 35.5. The van der Waals surface area contributed by atoms with Crippen LogP contribution in [0.2, 0.25) is 0 Å². The van der Waals surface area contributed by atoms with Crippen molar-refractivity contribution in [2.24, 2.45) is 0 Å². The molecule has 1 saturated heterocycles. The molecule has 1 aliphatic heterocycles. The van der Waals surface area contributed by atoms with Gasteiger partial charge >= 0.3 is 0 Å². The van der Waals surface area contributed by atoms with E-state index in [0.29, 0.717) is 13.2 Å². The van der Waals surface area contributed by atoms with Gasteiger partial charge in [0, 0.05) is 6.54 Å². The van der Waals surface area contributed by atoms with Gasteiger partial charge in [0.1, 0.15) is 0 Å². The first kappa shape index (κ1) is 12.4. The molecule has 2 nitrogen and oxygen atoms in total. The van der Waals surface area contributed by atoms with Crippen LogP contribution in [-0.4, -0.2) is 19.8 Å². The van der Waals surface area contributed by atoms with E-state index in [1.165, 1.54) is 6.07 Å². The van der Waals surface area contributed by atoms with Crippen molar-refractivity contribution < 1.29 is 13.5 Å². The van der Waals surface area contributed by atoms with Crippen LogP contribution >= 0.6 is 12.4 Å². The second kappa shape index (κ2) is 5.39. The smallest absolute Gasteiger partial charge is 0.159 e. The number of halogens is 3. The molecule has 0 spiro atoms. The van der Waals surface area contributed by atoms with Crippen molar-refractivity contribution in [1.82, 2.24) is 5.32 Å². The molecule has 1 heterocycles. The summed E-state index contributed by atoms with van der Waals surface area (Å²) < 4.78 is 30.8. The van der Waals surface area contributed by atoms with E-state index in [2.05, 4.69) is 5.32 Å². The molecule has 0 saturated carbocycles. The Kier molecular flexibility index (Phi) is 4.45. The molecule has 1 aromatic carbocycles. The summed E-state index contributed by atoms with van der Waals surface area (Å²) in [6.45, 7) is 1.91. The molecule has 1 aliphatic rings. The lowest BCUT2D eigenvalue weighted by Crippen LogP contribution is -2.34. The molecule has 1 N–H and O–H groups in total. The summed E-state index contributed by atoms with van der Waals surface area (Å²) >= 11 is 0. The first-order valence-electron chi connectivity index (χ1n) is 4.53. The number of hydrogen-bond acceptors (Lipinski definition) is 2. The van der Waals surface area contributed by atoms with Crippen molar-refractivity contribution in [2.75, 3.05) is 19.8 Å². The van der Waals surface area contributed by atoms with Crippen LogP contribution in [0.1, 0.15) is 11.6 Å². The minimum absolute atomic E-state index is 0. The number of nitrogens with one attached hydrogen (secondary N) is 1. The molecular weight excluding hydrogens is 224 g/mol. The number of morpholine rings is 1. The second-order valence-corrected chi connectivity index (χ2v) is 3.26. The summed E-state index contributed by atoms with van der Waals surface area (Å²) in [7, 11) is 0. The number of hydrogen-bond donors (Lipinski definition) is 1. The van der Waals surface area contributed by atoms with Gasteiger partial charge in [0.05, 0.1) is 19.3 Å². The number of benzene rings is 1. The molecular formula is C10H12ClF2NO. The molecule has 0 amide bonds. The summed E-state index contributed by atoms with van der Waals surface area (Å²) in [5.74, 6) is -1.62. The van der Waals surface area contributed by atoms with E-state index < -0.39 is 11.6 Å². The maximum atomic E-state index is 12.9. The van der Waals surface area contributed by atoms with Crippen LogP contribution in [0, 0.1) is 11.6 Å². The van der Waals surface area contributed by atoms with E-state index in [4.69, 9.17) is 4.74 Å². The van der Waals surface area contributed by atoms with E-state index in [-0.39, 0.29) is 18.4 Å². The van der Waals surface area contributed by atoms with Gasteiger partial charge in [-0.25, -0.2) is 8.78 Å². The van der Waals surface area contributed by atoms with Crippen LogP contribution in [0.4, 0.5) is 8.78 Å². The van der Waals surface area contributed by atoms with Gasteiger partial charge in [0.25, 0.3) is 0 Å². The molecule has 1 aromatic rings. The highest BCUT2D eigenvalue weighted by Crippen LogP contribution is 2.18. The quantitative estimate of drug-likeness (QED) is 0.805. The Hall–Kier alpha value is -0.710. The van der Waals surface area contributed by atoms with Gasteiger partial charge in [0.15, 0.2) is 11.6 Å². The zero-order valence-corrected chi connectivity index (χ0v) is 8.82. The average Bonchev–Trinajstić information content (AvgIpc) is 2.23. The topological polar surface area (TPSA) is 21.3 Å². The molecule has 0 unspecified atom stereocenters. The lowest BCUT2D eigenvalue weighted by atomic mass is 10.1. The van der Waals surface area contributed by atoms with Gasteiger partial charge in [-0.2, -0.15) is 0 Å². The highest BCUT2D eigenvalue weighted by Gasteiger charge is 2.16. The second-order valence-electron chi connectivity index (χ2n) is 3.26. The maximum Gasteiger partial charge on any atom is 0.159 e. The van der Waals surface area contributed by atoms with Gasteiger partial charge < -0.3 is 10.1 Å². The van der Waals surface area contributed by atoms with Crippen molar-refractivity contribution in [3.05, 3.63) is 35.4 Å². The molecule has 5 heteroatoms. The van der Waals surface area contributed by atoms with E-state index >= 15 is 0 Å². The van der Waals surface area contributed by atoms with Crippen LogP contribution < -0.4 is 5.32 Å². The third-order valence-corrected chi connectivity index (χ3v) is 2.27. The minimum atomic E-state index is -0.814. The zero-order chi connectivity index (χ0) is 9.97. The van der Waals surface area contributed by atoms with Crippen LogP contribution in [0.15, 0.2) is 18.2 Å². The minimum Gasteiger partial charge on any atom is -0.378 e. The molecule has 0 bridgehead atoms. The van der Waals surface area contributed by atoms with E-state index in [1.807, 2.05) is 0 Å². The Morgan fingerprint density at radius 1 is 1.27 bits per heavy atom. The lowest BCUT2D eigenvalue weighted by Gasteiger charge is -2.24. The monoisotopic (exact) mass is 235 g/mol. The molecule has 0 radical (unpaired) electrons. The van der Waals surface area contributed by atoms with Crippen LogP contribution in [0.3, 0.4) is 0 Å². The van der Waals surface area contributed by atoms with Gasteiger partial charge in [-0.15, -0.1) is 12.4 Å². The number of ether oxygens (including phenoxy) is 1. The van der Waals surface area contributed by atoms with E-state index in [0.717, 1.165) is 18.2 Å². The Morgan fingerprint density at radius 2 is 2.07 bits per heavy atom. The van der Waals surface area contributed by atoms with E-state index in [1.54, 1.807) is 6.07 Å². The third-order valence-electron chi connectivity index (χ3n) is 2.27. The molecule has 15 heavy (non-hydrogen) atoms. The van der Waals surface area contributed by atoms with Crippen LogP contribution in [-0.2, 0) is 4.74 Å². The third kappa shape index (κ3) is 2.87. The fourth-order valence-corrected chi connectivity index (χ4v) is 1.51. The van der Waals surface area contributed by atoms with Crippen LogP contribution in [0.5, 0.6) is 0 Å². The number of rotatable bonds is 1. The van der Waals surface area contributed by atoms with Crippen molar-refractivity contribution in [3.8, 4) is 0 Å². The fraction of sp³-hybridized carbons (Fsp3) is 0.400. The molecule has 2 rings (SSSR count). The van der Waals surface area contributed by atoms with Crippen molar-refractivity contribution in [1.29, 1.82) is 0 Å². The molecule has 0 aliphatic carbocycles. The Morgan fingerprint density at radius 3 is 2.67 bits per heavy atom. The first-order valence-corrected chi connectivity index (χ1v) is 4.53. The van der Waals surface area contributed by atoms with Gasteiger partial charge in [-0.05, 0) is 17.7 Å². The molecule has 1 atom stereocenters.